The zero-order valence-corrected chi connectivity index (χ0v) is 10.1. The summed E-state index contributed by atoms with van der Waals surface area (Å²) in [5, 5.41) is 0. The van der Waals surface area contributed by atoms with E-state index in [9.17, 15) is 4.79 Å². The molecule has 1 aliphatic heterocycles. The van der Waals surface area contributed by atoms with E-state index >= 15 is 0 Å². The Morgan fingerprint density at radius 1 is 1.47 bits per heavy atom. The van der Waals surface area contributed by atoms with Crippen LogP contribution in [0.3, 0.4) is 0 Å². The second-order valence-corrected chi connectivity index (χ2v) is 4.24. The predicted octanol–water partition coefficient (Wildman–Crippen LogP) is 1.21. The number of fused-ring (bicyclic) bond motifs is 1. The number of carbonyl (C=O) groups is 1. The van der Waals surface area contributed by atoms with Crippen molar-refractivity contribution in [3.8, 4) is 0 Å². The average molecular weight is 256 g/mol. The molecule has 3 heterocycles. The Hall–Kier alpha value is -2.63. The van der Waals surface area contributed by atoms with E-state index in [0.29, 0.717) is 18.8 Å². The lowest BCUT2D eigenvalue weighted by Crippen LogP contribution is -2.23. The van der Waals surface area contributed by atoms with E-state index in [1.165, 1.54) is 6.08 Å². The first-order valence-corrected chi connectivity index (χ1v) is 5.83. The van der Waals surface area contributed by atoms with Gasteiger partial charge in [-0.3, -0.25) is 4.79 Å². The van der Waals surface area contributed by atoms with Crippen molar-refractivity contribution in [1.29, 1.82) is 0 Å². The van der Waals surface area contributed by atoms with Gasteiger partial charge in [0.25, 0.3) is 0 Å². The fraction of sp³-hybridized carbons (Fsp3) is 0.154. The maximum absolute atomic E-state index is 12.0. The summed E-state index contributed by atoms with van der Waals surface area (Å²) in [5.74, 6) is 0.793. The van der Waals surface area contributed by atoms with Crippen LogP contribution in [0.25, 0.3) is 6.08 Å². The molecule has 0 bridgehead atoms. The second kappa shape index (κ2) is 4.56. The number of furan rings is 1. The fourth-order valence-corrected chi connectivity index (χ4v) is 1.97. The van der Waals surface area contributed by atoms with Crippen LogP contribution in [-0.2, 0) is 17.9 Å². The smallest absolute Gasteiger partial charge is 0.247 e. The summed E-state index contributed by atoms with van der Waals surface area (Å²) < 4.78 is 5.13. The van der Waals surface area contributed by atoms with Crippen LogP contribution in [0, 0.1) is 0 Å². The molecule has 6 nitrogen and oxygen atoms in total. The lowest BCUT2D eigenvalue weighted by molar-refractivity contribution is -0.126. The van der Waals surface area contributed by atoms with Crippen molar-refractivity contribution in [1.82, 2.24) is 14.9 Å². The van der Waals surface area contributed by atoms with Gasteiger partial charge in [0.05, 0.1) is 18.5 Å². The van der Waals surface area contributed by atoms with Crippen LogP contribution in [-0.4, -0.2) is 20.8 Å². The van der Waals surface area contributed by atoms with Gasteiger partial charge in [0.2, 0.25) is 11.9 Å². The Labute approximate surface area is 109 Å². The lowest BCUT2D eigenvalue weighted by atomic mass is 10.3. The van der Waals surface area contributed by atoms with E-state index in [1.54, 1.807) is 35.6 Å². The number of rotatable bonds is 2. The van der Waals surface area contributed by atoms with Crippen molar-refractivity contribution in [2.45, 2.75) is 13.1 Å². The summed E-state index contributed by atoms with van der Waals surface area (Å²) in [6.07, 6.45) is 6.36. The molecular formula is C13H12N4O2. The Morgan fingerprint density at radius 2 is 2.37 bits per heavy atom. The highest BCUT2D eigenvalue weighted by atomic mass is 16.3. The zero-order valence-electron chi connectivity index (χ0n) is 10.1. The van der Waals surface area contributed by atoms with E-state index < -0.39 is 0 Å². The largest absolute Gasteiger partial charge is 0.465 e. The summed E-state index contributed by atoms with van der Waals surface area (Å²) >= 11 is 0. The Morgan fingerprint density at radius 3 is 3.16 bits per heavy atom. The Bertz CT molecular complexity index is 634. The number of anilines is 1. The van der Waals surface area contributed by atoms with Crippen molar-refractivity contribution in [2.75, 3.05) is 5.73 Å². The molecular weight excluding hydrogens is 244 g/mol. The van der Waals surface area contributed by atoms with Gasteiger partial charge in [-0.15, -0.1) is 0 Å². The number of aromatic nitrogens is 2. The topological polar surface area (TPSA) is 85.2 Å². The van der Waals surface area contributed by atoms with Gasteiger partial charge >= 0.3 is 0 Å². The summed E-state index contributed by atoms with van der Waals surface area (Å²) in [5.41, 5.74) is 7.27. The van der Waals surface area contributed by atoms with Crippen molar-refractivity contribution >= 4 is 17.9 Å². The molecule has 2 aromatic rings. The summed E-state index contributed by atoms with van der Waals surface area (Å²) in [6, 6.07) is 3.56. The first-order valence-electron chi connectivity index (χ1n) is 5.83. The van der Waals surface area contributed by atoms with Crippen molar-refractivity contribution in [3.63, 3.8) is 0 Å². The van der Waals surface area contributed by atoms with E-state index in [4.69, 9.17) is 10.2 Å². The number of amides is 1. The molecule has 2 aromatic heterocycles. The average Bonchev–Trinajstić information content (AvgIpc) is 3.04. The highest BCUT2D eigenvalue weighted by molar-refractivity contribution is 5.91. The molecule has 0 spiro atoms. The van der Waals surface area contributed by atoms with Crippen LogP contribution in [0.1, 0.15) is 17.0 Å². The molecule has 0 saturated heterocycles. The minimum atomic E-state index is -0.0898. The molecule has 19 heavy (non-hydrogen) atoms. The van der Waals surface area contributed by atoms with Crippen LogP contribution in [0.15, 0.2) is 35.1 Å². The summed E-state index contributed by atoms with van der Waals surface area (Å²) in [7, 11) is 0. The molecule has 0 radical (unpaired) electrons. The fourth-order valence-electron chi connectivity index (χ4n) is 1.97. The van der Waals surface area contributed by atoms with E-state index in [0.717, 1.165) is 11.3 Å². The van der Waals surface area contributed by atoms with Crippen molar-refractivity contribution < 1.29 is 9.21 Å². The second-order valence-electron chi connectivity index (χ2n) is 4.24. The minimum absolute atomic E-state index is 0.0898. The lowest BCUT2D eigenvalue weighted by Gasteiger charge is -2.11. The van der Waals surface area contributed by atoms with Crippen LogP contribution >= 0.6 is 0 Å². The highest BCUT2D eigenvalue weighted by Crippen LogP contribution is 2.21. The third-order valence-electron chi connectivity index (χ3n) is 2.92. The number of hydrogen-bond acceptors (Lipinski definition) is 5. The number of hydrogen-bond donors (Lipinski definition) is 1. The molecule has 0 atom stereocenters. The van der Waals surface area contributed by atoms with E-state index in [2.05, 4.69) is 9.97 Å². The quantitative estimate of drug-likeness (QED) is 0.816. The van der Waals surface area contributed by atoms with E-state index in [1.807, 2.05) is 0 Å². The van der Waals surface area contributed by atoms with Gasteiger partial charge in [-0.1, -0.05) is 0 Å². The molecule has 0 saturated carbocycles. The number of nitrogens with two attached hydrogens (primary N) is 1. The first-order chi connectivity index (χ1) is 9.22. The zero-order chi connectivity index (χ0) is 13.2. The van der Waals surface area contributed by atoms with Gasteiger partial charge in [0.1, 0.15) is 5.76 Å². The molecule has 0 unspecified atom stereocenters. The molecule has 0 aromatic carbocycles. The van der Waals surface area contributed by atoms with Gasteiger partial charge in [-0.2, -0.15) is 0 Å². The highest BCUT2D eigenvalue weighted by Gasteiger charge is 2.23. The number of nitrogen functional groups attached to an aromatic ring is 1. The molecule has 0 aliphatic carbocycles. The summed E-state index contributed by atoms with van der Waals surface area (Å²) in [4.78, 5) is 21.7. The Balaban J connectivity index is 1.71. The molecule has 2 N–H and O–H groups in total. The van der Waals surface area contributed by atoms with Crippen LogP contribution in [0.5, 0.6) is 0 Å². The first kappa shape index (κ1) is 11.5. The molecule has 96 valence electrons. The van der Waals surface area contributed by atoms with E-state index in [-0.39, 0.29) is 11.9 Å². The molecule has 6 heteroatoms. The molecule has 1 aliphatic rings. The van der Waals surface area contributed by atoms with Gasteiger partial charge < -0.3 is 15.1 Å². The van der Waals surface area contributed by atoms with Crippen LogP contribution in [0.4, 0.5) is 5.95 Å². The molecule has 1 amide bonds. The maximum atomic E-state index is 12.0. The standard InChI is InChI=1S/C13H12N4O2/c14-13-15-6-9-7-17(8-11(9)16-13)12(18)4-3-10-2-1-5-19-10/h1-6H,7-8H2,(H2,14,15,16). The predicted molar refractivity (Wildman–Crippen MR) is 68.4 cm³/mol. The van der Waals surface area contributed by atoms with Crippen molar-refractivity contribution in [3.05, 3.63) is 47.7 Å². The monoisotopic (exact) mass is 256 g/mol. The third-order valence-corrected chi connectivity index (χ3v) is 2.92. The molecule has 0 fully saturated rings. The SMILES string of the molecule is Nc1ncc2c(n1)CN(C(=O)C=Cc1ccco1)C2. The number of nitrogens with zero attached hydrogens (tertiary/aromatic N) is 3. The van der Waals surface area contributed by atoms with Crippen LogP contribution < -0.4 is 5.73 Å². The van der Waals surface area contributed by atoms with Gasteiger partial charge in [-0.25, -0.2) is 9.97 Å². The summed E-state index contributed by atoms with van der Waals surface area (Å²) in [6.45, 7) is 0.973. The van der Waals surface area contributed by atoms with Gasteiger partial charge in [-0.05, 0) is 18.2 Å². The molecule has 3 rings (SSSR count). The Kier molecular flexibility index (Phi) is 2.75. The minimum Gasteiger partial charge on any atom is -0.465 e. The number of carbonyl (C=O) groups excluding carboxylic acids is 1. The normalized spacial score (nSPS) is 14.0. The van der Waals surface area contributed by atoms with Gasteiger partial charge in [0, 0.05) is 24.4 Å². The van der Waals surface area contributed by atoms with Crippen molar-refractivity contribution in [2.24, 2.45) is 0 Å². The maximum Gasteiger partial charge on any atom is 0.247 e. The van der Waals surface area contributed by atoms with Crippen LogP contribution in [0.2, 0.25) is 0 Å². The van der Waals surface area contributed by atoms with Gasteiger partial charge in [0.15, 0.2) is 0 Å². The third kappa shape index (κ3) is 2.33.